The summed E-state index contributed by atoms with van der Waals surface area (Å²) in [6.45, 7) is 3.18. The van der Waals surface area contributed by atoms with Gasteiger partial charge in [-0.15, -0.1) is 0 Å². The first-order chi connectivity index (χ1) is 8.07. The highest BCUT2D eigenvalue weighted by molar-refractivity contribution is 5.77. The molecule has 3 N–H and O–H groups in total. The van der Waals surface area contributed by atoms with E-state index in [2.05, 4.69) is 12.2 Å². The average molecular weight is 238 g/mol. The molecule has 0 spiro atoms. The maximum Gasteiger partial charge on any atom is 0.221 e. The topological polar surface area (TPSA) is 55.1 Å². The van der Waals surface area contributed by atoms with Gasteiger partial charge in [-0.25, -0.2) is 0 Å². The zero-order valence-electron chi connectivity index (χ0n) is 11.0. The molecule has 0 aromatic heterocycles. The second-order valence-electron chi connectivity index (χ2n) is 6.33. The quantitative estimate of drug-likeness (QED) is 0.789. The highest BCUT2D eigenvalue weighted by Crippen LogP contribution is 2.32. The van der Waals surface area contributed by atoms with Gasteiger partial charge in [-0.3, -0.25) is 4.79 Å². The van der Waals surface area contributed by atoms with E-state index >= 15 is 0 Å². The van der Waals surface area contributed by atoms with Crippen LogP contribution in [-0.2, 0) is 4.79 Å². The number of nitrogens with two attached hydrogens (primary N) is 1. The molecule has 2 unspecified atom stereocenters. The molecule has 1 amide bonds. The van der Waals surface area contributed by atoms with Gasteiger partial charge in [0.15, 0.2) is 0 Å². The third kappa shape index (κ3) is 3.70. The summed E-state index contributed by atoms with van der Waals surface area (Å²) < 4.78 is 0. The summed E-state index contributed by atoms with van der Waals surface area (Å²) in [5, 5.41) is 3.08. The number of carbonyl (C=O) groups is 1. The molecule has 2 fully saturated rings. The van der Waals surface area contributed by atoms with Gasteiger partial charge in [0, 0.05) is 18.5 Å². The number of hydrogen-bond donors (Lipinski definition) is 2. The number of hydrogen-bond acceptors (Lipinski definition) is 2. The largest absolute Gasteiger partial charge is 0.356 e. The SMILES string of the molecule is CC1CCCC(CNC(=O)CC2(N)CCC2)C1. The van der Waals surface area contributed by atoms with Crippen molar-refractivity contribution in [2.45, 2.75) is 63.8 Å². The van der Waals surface area contributed by atoms with Crippen molar-refractivity contribution in [1.29, 1.82) is 0 Å². The fourth-order valence-electron chi connectivity index (χ4n) is 3.19. The normalized spacial score (nSPS) is 31.6. The lowest BCUT2D eigenvalue weighted by atomic mass is 9.75. The van der Waals surface area contributed by atoms with Gasteiger partial charge >= 0.3 is 0 Å². The molecule has 17 heavy (non-hydrogen) atoms. The molecule has 2 atom stereocenters. The van der Waals surface area contributed by atoms with Crippen LogP contribution < -0.4 is 11.1 Å². The zero-order valence-corrected chi connectivity index (χ0v) is 11.0. The van der Waals surface area contributed by atoms with Crippen molar-refractivity contribution < 1.29 is 4.79 Å². The second kappa shape index (κ2) is 5.38. The fraction of sp³-hybridized carbons (Fsp3) is 0.929. The van der Waals surface area contributed by atoms with Crippen molar-refractivity contribution >= 4 is 5.91 Å². The van der Waals surface area contributed by atoms with Gasteiger partial charge in [-0.05, 0) is 43.9 Å². The Balaban J connectivity index is 1.65. The minimum Gasteiger partial charge on any atom is -0.356 e. The molecular formula is C14H26N2O. The maximum atomic E-state index is 11.8. The van der Waals surface area contributed by atoms with Crippen LogP contribution in [0.4, 0.5) is 0 Å². The third-order valence-electron chi connectivity index (χ3n) is 4.49. The lowest BCUT2D eigenvalue weighted by Crippen LogP contribution is -2.50. The van der Waals surface area contributed by atoms with E-state index in [4.69, 9.17) is 5.73 Å². The lowest BCUT2D eigenvalue weighted by molar-refractivity contribution is -0.123. The summed E-state index contributed by atoms with van der Waals surface area (Å²) in [5.74, 6) is 1.68. The van der Waals surface area contributed by atoms with Crippen LogP contribution in [0.25, 0.3) is 0 Å². The first kappa shape index (κ1) is 12.9. The van der Waals surface area contributed by atoms with Crippen molar-refractivity contribution in [2.75, 3.05) is 6.54 Å². The van der Waals surface area contributed by atoms with E-state index in [0.717, 1.165) is 25.3 Å². The number of rotatable bonds is 4. The second-order valence-corrected chi connectivity index (χ2v) is 6.33. The van der Waals surface area contributed by atoms with Crippen LogP contribution in [0, 0.1) is 11.8 Å². The molecule has 2 aliphatic carbocycles. The van der Waals surface area contributed by atoms with Crippen molar-refractivity contribution in [2.24, 2.45) is 17.6 Å². The Labute approximate surface area is 105 Å². The highest BCUT2D eigenvalue weighted by Gasteiger charge is 2.34. The molecule has 3 nitrogen and oxygen atoms in total. The Hall–Kier alpha value is -0.570. The molecule has 0 heterocycles. The van der Waals surface area contributed by atoms with Crippen LogP contribution in [0.2, 0.25) is 0 Å². The Morgan fingerprint density at radius 3 is 2.71 bits per heavy atom. The Bertz CT molecular complexity index is 273. The van der Waals surface area contributed by atoms with E-state index in [1.165, 1.54) is 32.1 Å². The van der Waals surface area contributed by atoms with Gasteiger partial charge in [0.1, 0.15) is 0 Å². The summed E-state index contributed by atoms with van der Waals surface area (Å²) in [4.78, 5) is 11.8. The van der Waals surface area contributed by atoms with Crippen LogP contribution in [0.3, 0.4) is 0 Å². The molecule has 0 aromatic carbocycles. The number of carbonyl (C=O) groups excluding carboxylic acids is 1. The monoisotopic (exact) mass is 238 g/mol. The predicted octanol–water partition coefficient (Wildman–Crippen LogP) is 2.20. The van der Waals surface area contributed by atoms with E-state index in [-0.39, 0.29) is 11.4 Å². The zero-order chi connectivity index (χ0) is 12.3. The maximum absolute atomic E-state index is 11.8. The van der Waals surface area contributed by atoms with Gasteiger partial charge in [0.25, 0.3) is 0 Å². The molecular weight excluding hydrogens is 212 g/mol. The standard InChI is InChI=1S/C14H26N2O/c1-11-4-2-5-12(8-11)10-16-13(17)9-14(15)6-3-7-14/h11-12H,2-10,15H2,1H3,(H,16,17). The molecule has 0 aliphatic heterocycles. The molecule has 0 bridgehead atoms. The average Bonchev–Trinajstić information content (AvgIpc) is 2.24. The fourth-order valence-corrected chi connectivity index (χ4v) is 3.19. The minimum atomic E-state index is -0.177. The number of amides is 1. The summed E-state index contributed by atoms with van der Waals surface area (Å²) >= 11 is 0. The van der Waals surface area contributed by atoms with Crippen LogP contribution in [0.15, 0.2) is 0 Å². The van der Waals surface area contributed by atoms with E-state index < -0.39 is 0 Å². The first-order valence-corrected chi connectivity index (χ1v) is 7.13. The van der Waals surface area contributed by atoms with E-state index in [1.54, 1.807) is 0 Å². The summed E-state index contributed by atoms with van der Waals surface area (Å²) in [7, 11) is 0. The van der Waals surface area contributed by atoms with Gasteiger partial charge in [0.05, 0.1) is 0 Å². The lowest BCUT2D eigenvalue weighted by Gasteiger charge is -2.37. The predicted molar refractivity (Wildman–Crippen MR) is 69.5 cm³/mol. The minimum absolute atomic E-state index is 0.158. The molecule has 2 aliphatic rings. The van der Waals surface area contributed by atoms with E-state index in [1.807, 2.05) is 0 Å². The van der Waals surface area contributed by atoms with Gasteiger partial charge in [-0.2, -0.15) is 0 Å². The van der Waals surface area contributed by atoms with Gasteiger partial charge in [0.2, 0.25) is 5.91 Å². The van der Waals surface area contributed by atoms with Gasteiger partial charge in [-0.1, -0.05) is 19.8 Å². The summed E-state index contributed by atoms with van der Waals surface area (Å²) in [5.41, 5.74) is 5.90. The smallest absolute Gasteiger partial charge is 0.221 e. The van der Waals surface area contributed by atoms with Crippen LogP contribution >= 0.6 is 0 Å². The first-order valence-electron chi connectivity index (χ1n) is 7.13. The van der Waals surface area contributed by atoms with Crippen molar-refractivity contribution in [1.82, 2.24) is 5.32 Å². The molecule has 2 rings (SSSR count). The van der Waals surface area contributed by atoms with Crippen LogP contribution in [0.1, 0.15) is 58.3 Å². The molecule has 2 saturated carbocycles. The highest BCUT2D eigenvalue weighted by atomic mass is 16.1. The van der Waals surface area contributed by atoms with Crippen molar-refractivity contribution in [3.63, 3.8) is 0 Å². The molecule has 0 aromatic rings. The van der Waals surface area contributed by atoms with E-state index in [0.29, 0.717) is 12.3 Å². The number of nitrogens with one attached hydrogen (secondary N) is 1. The van der Waals surface area contributed by atoms with Gasteiger partial charge < -0.3 is 11.1 Å². The Kier molecular flexibility index (Phi) is 4.08. The van der Waals surface area contributed by atoms with E-state index in [9.17, 15) is 4.79 Å². The Morgan fingerprint density at radius 2 is 2.12 bits per heavy atom. The van der Waals surface area contributed by atoms with Crippen LogP contribution in [0.5, 0.6) is 0 Å². The Morgan fingerprint density at radius 1 is 1.35 bits per heavy atom. The van der Waals surface area contributed by atoms with Crippen LogP contribution in [-0.4, -0.2) is 18.0 Å². The molecule has 98 valence electrons. The van der Waals surface area contributed by atoms with Crippen molar-refractivity contribution in [3.05, 3.63) is 0 Å². The third-order valence-corrected chi connectivity index (χ3v) is 4.49. The molecule has 3 heteroatoms. The summed E-state index contributed by atoms with van der Waals surface area (Å²) in [6, 6.07) is 0. The molecule has 0 saturated heterocycles. The molecule has 0 radical (unpaired) electrons. The van der Waals surface area contributed by atoms with Crippen molar-refractivity contribution in [3.8, 4) is 0 Å². The summed E-state index contributed by atoms with van der Waals surface area (Å²) in [6.07, 6.45) is 8.96.